The molecule has 0 amide bonds. The quantitative estimate of drug-likeness (QED) is 0.495. The van der Waals surface area contributed by atoms with Gasteiger partial charge < -0.3 is 11.5 Å². The molecule has 0 atom stereocenters. The molecule has 0 spiro atoms. The largest absolute Gasteiger partial charge is 0.402 e. The summed E-state index contributed by atoms with van der Waals surface area (Å²) in [5, 5.41) is 0. The minimum absolute atomic E-state index is 0.763. The van der Waals surface area contributed by atoms with Crippen LogP contribution in [0.15, 0.2) is 35.7 Å². The van der Waals surface area contributed by atoms with Crippen molar-refractivity contribution in [2.75, 3.05) is 0 Å². The average Bonchev–Trinajstić information content (AvgIpc) is 1.97. The lowest BCUT2D eigenvalue weighted by Crippen LogP contribution is -1.95. The summed E-state index contributed by atoms with van der Waals surface area (Å²) in [4.78, 5) is 0. The summed E-state index contributed by atoms with van der Waals surface area (Å²) in [6, 6.07) is 0. The van der Waals surface area contributed by atoms with Crippen molar-refractivity contribution in [3.05, 3.63) is 35.7 Å². The first kappa shape index (κ1) is 5.95. The zero-order valence-corrected chi connectivity index (χ0v) is 5.17. The summed E-state index contributed by atoms with van der Waals surface area (Å²) >= 11 is 0. The minimum atomic E-state index is 0.763. The summed E-state index contributed by atoms with van der Waals surface area (Å²) in [5.74, 6) is 0. The van der Waals surface area contributed by atoms with Gasteiger partial charge in [0.1, 0.15) is 0 Å². The lowest BCUT2D eigenvalue weighted by atomic mass is 10.3. The van der Waals surface area contributed by atoms with Gasteiger partial charge in [-0.2, -0.15) is 0 Å². The maximum atomic E-state index is 5.51. The molecular weight excluding hydrogens is 112 g/mol. The third-order valence-electron chi connectivity index (χ3n) is 1.17. The molecule has 48 valence electrons. The highest BCUT2D eigenvalue weighted by Crippen LogP contribution is 2.02. The van der Waals surface area contributed by atoms with E-state index in [1.165, 1.54) is 0 Å². The number of allylic oxidation sites excluding steroid dienone is 4. The third kappa shape index (κ3) is 1.64. The van der Waals surface area contributed by atoms with E-state index in [1.807, 2.05) is 24.3 Å². The predicted molar refractivity (Wildman–Crippen MR) is 38.3 cm³/mol. The van der Waals surface area contributed by atoms with E-state index in [0.29, 0.717) is 0 Å². The molecule has 1 rings (SSSR count). The summed E-state index contributed by atoms with van der Waals surface area (Å²) in [7, 11) is 0. The van der Waals surface area contributed by atoms with E-state index in [4.69, 9.17) is 11.5 Å². The molecular formula is C7H10N2. The Bertz CT molecular complexity index is 184. The van der Waals surface area contributed by atoms with Gasteiger partial charge in [0.2, 0.25) is 0 Å². The molecule has 0 unspecified atom stereocenters. The Balaban J connectivity index is 2.75. The first-order chi connectivity index (χ1) is 4.29. The lowest BCUT2D eigenvalue weighted by Gasteiger charge is -1.90. The Morgan fingerprint density at radius 2 is 2.11 bits per heavy atom. The van der Waals surface area contributed by atoms with Gasteiger partial charge in [0.15, 0.2) is 0 Å². The first-order valence-electron chi connectivity index (χ1n) is 2.87. The highest BCUT2D eigenvalue weighted by Gasteiger charge is 1.89. The molecule has 0 heterocycles. The maximum Gasteiger partial charge on any atom is 0.0277 e. The molecule has 2 nitrogen and oxygen atoms in total. The fourth-order valence-electron chi connectivity index (χ4n) is 0.655. The zero-order valence-electron chi connectivity index (χ0n) is 5.17. The molecule has 0 saturated heterocycles. The van der Waals surface area contributed by atoms with E-state index < -0.39 is 0 Å². The van der Waals surface area contributed by atoms with Crippen LogP contribution >= 0.6 is 0 Å². The van der Waals surface area contributed by atoms with Crippen molar-refractivity contribution in [3.63, 3.8) is 0 Å². The van der Waals surface area contributed by atoms with Gasteiger partial charge in [-0.1, -0.05) is 12.2 Å². The molecule has 0 aromatic heterocycles. The van der Waals surface area contributed by atoms with Crippen molar-refractivity contribution in [1.29, 1.82) is 0 Å². The van der Waals surface area contributed by atoms with Crippen LogP contribution < -0.4 is 11.5 Å². The molecule has 2 heteroatoms. The van der Waals surface area contributed by atoms with Crippen molar-refractivity contribution >= 4 is 0 Å². The van der Waals surface area contributed by atoms with Crippen LogP contribution in [-0.2, 0) is 0 Å². The third-order valence-corrected chi connectivity index (χ3v) is 1.17. The molecule has 0 fully saturated rings. The molecule has 0 aromatic carbocycles. The van der Waals surface area contributed by atoms with Gasteiger partial charge in [-0.05, 0) is 12.2 Å². The van der Waals surface area contributed by atoms with Crippen molar-refractivity contribution in [1.82, 2.24) is 0 Å². The Labute approximate surface area is 54.5 Å². The van der Waals surface area contributed by atoms with Gasteiger partial charge in [-0.25, -0.2) is 0 Å². The zero-order chi connectivity index (χ0) is 6.69. The molecule has 0 saturated carbocycles. The topological polar surface area (TPSA) is 52.0 Å². The second-order valence-electron chi connectivity index (χ2n) is 2.01. The SMILES string of the molecule is NC1=CCC(N)=CC=C1. The van der Waals surface area contributed by atoms with Crippen molar-refractivity contribution in [3.8, 4) is 0 Å². The molecule has 0 radical (unpaired) electrons. The highest BCUT2D eigenvalue weighted by molar-refractivity contribution is 5.26. The number of rotatable bonds is 0. The number of nitrogens with two attached hydrogens (primary N) is 2. The molecule has 0 bridgehead atoms. The molecule has 0 aliphatic heterocycles. The van der Waals surface area contributed by atoms with Crippen molar-refractivity contribution < 1.29 is 0 Å². The minimum Gasteiger partial charge on any atom is -0.402 e. The van der Waals surface area contributed by atoms with Gasteiger partial charge in [0.05, 0.1) is 0 Å². The number of hydrogen-bond donors (Lipinski definition) is 2. The Morgan fingerprint density at radius 3 is 2.89 bits per heavy atom. The van der Waals surface area contributed by atoms with E-state index in [2.05, 4.69) is 0 Å². The Kier molecular flexibility index (Phi) is 1.58. The average molecular weight is 122 g/mol. The molecule has 1 aliphatic rings. The highest BCUT2D eigenvalue weighted by atomic mass is 14.6. The fraction of sp³-hybridized carbons (Fsp3) is 0.143. The summed E-state index contributed by atoms with van der Waals surface area (Å²) in [5.41, 5.74) is 12.6. The van der Waals surface area contributed by atoms with Gasteiger partial charge >= 0.3 is 0 Å². The van der Waals surface area contributed by atoms with Crippen LogP contribution in [0.25, 0.3) is 0 Å². The first-order valence-corrected chi connectivity index (χ1v) is 2.87. The van der Waals surface area contributed by atoms with E-state index in [-0.39, 0.29) is 0 Å². The van der Waals surface area contributed by atoms with E-state index in [0.717, 1.165) is 17.8 Å². The van der Waals surface area contributed by atoms with Crippen LogP contribution in [0.2, 0.25) is 0 Å². The van der Waals surface area contributed by atoms with Crippen molar-refractivity contribution in [2.45, 2.75) is 6.42 Å². The van der Waals surface area contributed by atoms with Crippen LogP contribution in [0.1, 0.15) is 6.42 Å². The van der Waals surface area contributed by atoms with Crippen LogP contribution in [0.5, 0.6) is 0 Å². The standard InChI is InChI=1S/C7H10N2/c8-6-2-1-3-7(9)5-4-6/h1-4H,5,8-9H2. The predicted octanol–water partition coefficient (Wildman–Crippen LogP) is 0.632. The van der Waals surface area contributed by atoms with Gasteiger partial charge in [0, 0.05) is 17.8 Å². The van der Waals surface area contributed by atoms with Gasteiger partial charge in [0.25, 0.3) is 0 Å². The van der Waals surface area contributed by atoms with Gasteiger partial charge in [-0.15, -0.1) is 0 Å². The second kappa shape index (κ2) is 2.40. The van der Waals surface area contributed by atoms with Crippen LogP contribution in [0, 0.1) is 0 Å². The van der Waals surface area contributed by atoms with E-state index in [1.54, 1.807) is 0 Å². The fourth-order valence-corrected chi connectivity index (χ4v) is 0.655. The molecule has 0 aromatic rings. The van der Waals surface area contributed by atoms with Crippen molar-refractivity contribution in [2.24, 2.45) is 11.5 Å². The van der Waals surface area contributed by atoms with Crippen LogP contribution in [-0.4, -0.2) is 0 Å². The van der Waals surface area contributed by atoms with Crippen LogP contribution in [0.3, 0.4) is 0 Å². The number of hydrogen-bond acceptors (Lipinski definition) is 2. The second-order valence-corrected chi connectivity index (χ2v) is 2.01. The van der Waals surface area contributed by atoms with E-state index >= 15 is 0 Å². The summed E-state index contributed by atoms with van der Waals surface area (Å²) < 4.78 is 0. The monoisotopic (exact) mass is 122 g/mol. The smallest absolute Gasteiger partial charge is 0.0277 e. The van der Waals surface area contributed by atoms with E-state index in [9.17, 15) is 0 Å². The summed E-state index contributed by atoms with van der Waals surface area (Å²) in [6.07, 6.45) is 8.21. The molecule has 9 heavy (non-hydrogen) atoms. The maximum absolute atomic E-state index is 5.51. The van der Waals surface area contributed by atoms with Crippen LogP contribution in [0.4, 0.5) is 0 Å². The summed E-state index contributed by atoms with van der Waals surface area (Å²) in [6.45, 7) is 0. The lowest BCUT2D eigenvalue weighted by molar-refractivity contribution is 1.16. The normalized spacial score (nSPS) is 18.2. The Morgan fingerprint density at radius 1 is 1.33 bits per heavy atom. The molecule has 4 N–H and O–H groups in total. The molecule has 1 aliphatic carbocycles. The Hall–Kier alpha value is -1.18. The van der Waals surface area contributed by atoms with Gasteiger partial charge in [-0.3, -0.25) is 0 Å².